The second kappa shape index (κ2) is 14.4. The molecule has 0 radical (unpaired) electrons. The van der Waals surface area contributed by atoms with Gasteiger partial charge in [0.2, 0.25) is 11.8 Å². The van der Waals surface area contributed by atoms with Crippen LogP contribution < -0.4 is 14.2 Å². The summed E-state index contributed by atoms with van der Waals surface area (Å²) in [5.74, 6) is 1.72. The van der Waals surface area contributed by atoms with Gasteiger partial charge in [-0.15, -0.1) is 16.4 Å². The minimum atomic E-state index is -1.02. The quantitative estimate of drug-likeness (QED) is 0.130. The Balaban J connectivity index is 1.20. The van der Waals surface area contributed by atoms with Crippen molar-refractivity contribution < 1.29 is 28.5 Å². The molecule has 0 saturated carbocycles. The molecule has 0 aliphatic carbocycles. The molecule has 48 heavy (non-hydrogen) atoms. The first kappa shape index (κ1) is 32.3. The van der Waals surface area contributed by atoms with E-state index in [0.717, 1.165) is 27.5 Å². The third-order valence-electron chi connectivity index (χ3n) is 7.44. The van der Waals surface area contributed by atoms with Crippen LogP contribution in [0.15, 0.2) is 88.8 Å². The molecule has 11 heteroatoms. The molecule has 6 rings (SSSR count). The molecule has 0 amide bonds. The van der Waals surface area contributed by atoms with Crippen molar-refractivity contribution in [3.05, 3.63) is 123 Å². The maximum absolute atomic E-state index is 11.4. The van der Waals surface area contributed by atoms with E-state index in [1.165, 1.54) is 12.1 Å². The number of aryl methyl sites for hydroxylation is 1. The Kier molecular flexibility index (Phi) is 9.67. The lowest BCUT2D eigenvalue weighted by molar-refractivity contribution is 0.0697. The van der Waals surface area contributed by atoms with E-state index in [2.05, 4.69) is 18.8 Å². The number of benzene rings is 3. The molecule has 0 spiro atoms. The summed E-state index contributed by atoms with van der Waals surface area (Å²) < 4.78 is 25.9. The Hall–Kier alpha value is -5.68. The van der Waals surface area contributed by atoms with Crippen LogP contribution >= 0.6 is 11.3 Å². The normalized spacial score (nSPS) is 11.4. The number of thiazole rings is 1. The molecule has 0 saturated heterocycles. The average molecular weight is 663 g/mol. The summed E-state index contributed by atoms with van der Waals surface area (Å²) in [6, 6.07) is 21.9. The predicted octanol–water partition coefficient (Wildman–Crippen LogP) is 8.45. The molecule has 3 aromatic heterocycles. The highest BCUT2D eigenvalue weighted by molar-refractivity contribution is 7.09. The Morgan fingerprint density at radius 2 is 1.81 bits per heavy atom. The highest BCUT2D eigenvalue weighted by Gasteiger charge is 2.18. The SMILES string of the molecule is COc1c(COc2nn(-c3ccccc3)cc2C=Cc2csc(C(C)C)n2)cccc1OCc1nc(-c2cccc(C(=O)O)c2)oc1C. The predicted molar refractivity (Wildman–Crippen MR) is 184 cm³/mol. The van der Waals surface area contributed by atoms with Crippen LogP contribution in [-0.2, 0) is 13.2 Å². The summed E-state index contributed by atoms with van der Waals surface area (Å²) in [7, 11) is 1.58. The second-order valence-electron chi connectivity index (χ2n) is 11.2. The third-order valence-corrected chi connectivity index (χ3v) is 8.60. The summed E-state index contributed by atoms with van der Waals surface area (Å²) in [4.78, 5) is 20.7. The summed E-state index contributed by atoms with van der Waals surface area (Å²) in [6.45, 7) is 6.34. The second-order valence-corrected chi connectivity index (χ2v) is 12.1. The summed E-state index contributed by atoms with van der Waals surface area (Å²) in [6.07, 6.45) is 5.86. The molecule has 0 aliphatic heterocycles. The maximum Gasteiger partial charge on any atom is 0.335 e. The molecule has 0 fully saturated rings. The fourth-order valence-corrected chi connectivity index (χ4v) is 5.71. The molecule has 10 nitrogen and oxygen atoms in total. The minimum absolute atomic E-state index is 0.111. The number of carbonyl (C=O) groups is 1. The van der Waals surface area contributed by atoms with Crippen molar-refractivity contribution in [3.63, 3.8) is 0 Å². The van der Waals surface area contributed by atoms with Gasteiger partial charge in [0.1, 0.15) is 24.7 Å². The molecule has 0 unspecified atom stereocenters. The molecule has 3 aromatic carbocycles. The number of ether oxygens (including phenoxy) is 3. The van der Waals surface area contributed by atoms with Gasteiger partial charge < -0.3 is 23.7 Å². The number of aromatic nitrogens is 4. The zero-order chi connectivity index (χ0) is 33.6. The minimum Gasteiger partial charge on any atom is -0.492 e. The maximum atomic E-state index is 11.4. The van der Waals surface area contributed by atoms with Crippen LogP contribution in [0.5, 0.6) is 17.4 Å². The number of carboxylic acid groups (broad SMARTS) is 1. The topological polar surface area (TPSA) is 122 Å². The van der Waals surface area contributed by atoms with Gasteiger partial charge in [-0.3, -0.25) is 0 Å². The summed E-state index contributed by atoms with van der Waals surface area (Å²) >= 11 is 1.65. The Morgan fingerprint density at radius 3 is 2.56 bits per heavy atom. The number of carboxylic acids is 1. The lowest BCUT2D eigenvalue weighted by Gasteiger charge is -2.14. The molecular formula is C37H34N4O6S. The Bertz CT molecular complexity index is 2060. The van der Waals surface area contributed by atoms with E-state index in [0.29, 0.717) is 46.2 Å². The van der Waals surface area contributed by atoms with Crippen LogP contribution in [0.1, 0.15) is 63.4 Å². The van der Waals surface area contributed by atoms with Crippen molar-refractivity contribution in [2.24, 2.45) is 0 Å². The van der Waals surface area contributed by atoms with Crippen molar-refractivity contribution in [1.82, 2.24) is 19.7 Å². The van der Waals surface area contributed by atoms with E-state index in [1.807, 2.05) is 72.3 Å². The molecule has 3 heterocycles. The highest BCUT2D eigenvalue weighted by atomic mass is 32.1. The lowest BCUT2D eigenvalue weighted by atomic mass is 10.1. The third kappa shape index (κ3) is 7.31. The number of hydrogen-bond acceptors (Lipinski definition) is 9. The van der Waals surface area contributed by atoms with E-state index in [-0.39, 0.29) is 18.8 Å². The Morgan fingerprint density at radius 1 is 1.00 bits per heavy atom. The van der Waals surface area contributed by atoms with Gasteiger partial charge in [0.05, 0.1) is 34.6 Å². The molecule has 0 bridgehead atoms. The zero-order valence-electron chi connectivity index (χ0n) is 26.9. The van der Waals surface area contributed by atoms with Gasteiger partial charge in [0, 0.05) is 28.6 Å². The number of methoxy groups -OCH3 is 1. The average Bonchev–Trinajstić information content (AvgIpc) is 3.84. The number of para-hydroxylation sites is 2. The van der Waals surface area contributed by atoms with Gasteiger partial charge in [-0.25, -0.2) is 19.4 Å². The fraction of sp³-hybridized carbons (Fsp3) is 0.189. The lowest BCUT2D eigenvalue weighted by Crippen LogP contribution is -2.04. The van der Waals surface area contributed by atoms with Crippen LogP contribution in [0.2, 0.25) is 0 Å². The van der Waals surface area contributed by atoms with Crippen LogP contribution in [0.3, 0.4) is 0 Å². The Labute approximate surface area is 281 Å². The summed E-state index contributed by atoms with van der Waals surface area (Å²) in [5.41, 5.74) is 4.66. The van der Waals surface area contributed by atoms with E-state index < -0.39 is 5.97 Å². The first-order valence-electron chi connectivity index (χ1n) is 15.3. The monoisotopic (exact) mass is 662 g/mol. The molecular weight excluding hydrogens is 628 g/mol. The van der Waals surface area contributed by atoms with Gasteiger partial charge in [-0.2, -0.15) is 0 Å². The first-order chi connectivity index (χ1) is 23.3. The zero-order valence-corrected chi connectivity index (χ0v) is 27.7. The van der Waals surface area contributed by atoms with Crippen LogP contribution in [0.4, 0.5) is 0 Å². The van der Waals surface area contributed by atoms with Gasteiger partial charge in [0.25, 0.3) is 0 Å². The van der Waals surface area contributed by atoms with Gasteiger partial charge >= 0.3 is 5.97 Å². The molecule has 0 atom stereocenters. The van der Waals surface area contributed by atoms with E-state index in [9.17, 15) is 9.90 Å². The van der Waals surface area contributed by atoms with E-state index >= 15 is 0 Å². The van der Waals surface area contributed by atoms with Gasteiger partial charge in [0.15, 0.2) is 11.5 Å². The fourth-order valence-electron chi connectivity index (χ4n) is 4.91. The highest BCUT2D eigenvalue weighted by Crippen LogP contribution is 2.34. The van der Waals surface area contributed by atoms with E-state index in [4.69, 9.17) is 28.7 Å². The molecule has 244 valence electrons. The molecule has 0 aliphatic rings. The number of rotatable bonds is 13. The number of aromatic carboxylic acids is 1. The van der Waals surface area contributed by atoms with Gasteiger partial charge in [-0.05, 0) is 55.5 Å². The van der Waals surface area contributed by atoms with Crippen molar-refractivity contribution in [3.8, 4) is 34.5 Å². The smallest absolute Gasteiger partial charge is 0.335 e. The van der Waals surface area contributed by atoms with Crippen molar-refractivity contribution >= 4 is 29.5 Å². The van der Waals surface area contributed by atoms with Crippen LogP contribution in [0.25, 0.3) is 29.3 Å². The van der Waals surface area contributed by atoms with Crippen LogP contribution in [0, 0.1) is 6.92 Å². The van der Waals surface area contributed by atoms with Crippen molar-refractivity contribution in [2.75, 3.05) is 7.11 Å². The molecule has 1 N–H and O–H groups in total. The number of oxazole rings is 1. The number of nitrogens with zero attached hydrogens (tertiary/aromatic N) is 4. The van der Waals surface area contributed by atoms with Crippen molar-refractivity contribution in [2.45, 2.75) is 39.9 Å². The number of hydrogen-bond donors (Lipinski definition) is 1. The van der Waals surface area contributed by atoms with Crippen LogP contribution in [-0.4, -0.2) is 37.9 Å². The standard InChI is InChI=1S/C37H34N4O6S/c1-23(2)36-38-29(22-48-36)17-16-27-19-41(30-13-6-5-7-14-30)40-35(27)46-20-28-12-9-15-32(33(28)44-4)45-21-31-24(3)47-34(39-31)25-10-8-11-26(18-25)37(42)43/h5-19,22-23H,20-21H2,1-4H3,(H,42,43). The molecule has 6 aromatic rings. The largest absolute Gasteiger partial charge is 0.492 e. The first-order valence-corrected chi connectivity index (χ1v) is 16.2. The van der Waals surface area contributed by atoms with E-state index in [1.54, 1.807) is 42.2 Å². The summed E-state index contributed by atoms with van der Waals surface area (Å²) in [5, 5.41) is 17.2. The van der Waals surface area contributed by atoms with Gasteiger partial charge in [-0.1, -0.05) is 50.2 Å². The van der Waals surface area contributed by atoms with Crippen molar-refractivity contribution in [1.29, 1.82) is 0 Å².